The van der Waals surface area contributed by atoms with Gasteiger partial charge in [-0.3, -0.25) is 4.79 Å². The van der Waals surface area contributed by atoms with Crippen LogP contribution >= 0.6 is 0 Å². The molecular weight excluding hydrogens is 469 g/mol. The third-order valence-electron chi connectivity index (χ3n) is 7.66. The number of aliphatic hydroxyl groups is 1. The van der Waals surface area contributed by atoms with Gasteiger partial charge < -0.3 is 20.4 Å². The van der Waals surface area contributed by atoms with Crippen molar-refractivity contribution in [2.75, 3.05) is 18.0 Å². The Bertz CT molecular complexity index is 1280. The standard InChI is InChI=1S/C28H29F3N2O3/c1-17(22-8-4-6-18-5-2-3-7-23(18)22)32-20-11-12-33(16-20)21-9-10-24(28(29,30)31)25(13-21)27(36)14-19(15-27)26(34)35/h2-10,13,17,19-20,32,36H,11-12,14-16H2,1H3,(H,34,35)/t17-,19?,20+,27?/m1/s1. The van der Waals surface area contributed by atoms with Gasteiger partial charge in [-0.2, -0.15) is 13.2 Å². The van der Waals surface area contributed by atoms with E-state index in [1.165, 1.54) is 28.5 Å². The Morgan fingerprint density at radius 2 is 1.83 bits per heavy atom. The van der Waals surface area contributed by atoms with Crippen LogP contribution in [0.5, 0.6) is 0 Å². The van der Waals surface area contributed by atoms with Crippen LogP contribution in [0.3, 0.4) is 0 Å². The number of carbonyl (C=O) groups is 1. The Kier molecular flexibility index (Phi) is 6.21. The largest absolute Gasteiger partial charge is 0.481 e. The molecule has 0 spiro atoms. The topological polar surface area (TPSA) is 72.8 Å². The number of benzene rings is 3. The predicted octanol–water partition coefficient (Wildman–Crippen LogP) is 5.47. The molecule has 3 aromatic carbocycles. The zero-order chi connectivity index (χ0) is 25.7. The average Bonchev–Trinajstić information content (AvgIpc) is 3.29. The van der Waals surface area contributed by atoms with Crippen molar-refractivity contribution in [1.29, 1.82) is 0 Å². The molecule has 1 saturated carbocycles. The average molecular weight is 499 g/mol. The quantitative estimate of drug-likeness (QED) is 0.420. The number of nitrogens with one attached hydrogen (secondary N) is 1. The first-order valence-electron chi connectivity index (χ1n) is 12.2. The van der Waals surface area contributed by atoms with E-state index in [0.717, 1.165) is 12.5 Å². The molecule has 0 aromatic heterocycles. The molecule has 3 aromatic rings. The minimum atomic E-state index is -4.64. The van der Waals surface area contributed by atoms with Crippen molar-refractivity contribution in [2.24, 2.45) is 5.92 Å². The summed E-state index contributed by atoms with van der Waals surface area (Å²) in [5.74, 6) is -1.94. The van der Waals surface area contributed by atoms with Crippen molar-refractivity contribution in [1.82, 2.24) is 5.32 Å². The summed E-state index contributed by atoms with van der Waals surface area (Å²) < 4.78 is 41.2. The Morgan fingerprint density at radius 1 is 1.11 bits per heavy atom. The number of fused-ring (bicyclic) bond motifs is 1. The maximum Gasteiger partial charge on any atom is 0.416 e. The zero-order valence-electron chi connectivity index (χ0n) is 19.9. The Morgan fingerprint density at radius 3 is 2.56 bits per heavy atom. The number of aliphatic carboxylic acids is 1. The third kappa shape index (κ3) is 4.55. The van der Waals surface area contributed by atoms with Crippen LogP contribution in [0.2, 0.25) is 0 Å². The first-order chi connectivity index (χ1) is 17.0. The highest BCUT2D eigenvalue weighted by Crippen LogP contribution is 2.50. The van der Waals surface area contributed by atoms with Gasteiger partial charge in [-0.05, 0) is 66.3 Å². The molecule has 0 radical (unpaired) electrons. The molecule has 3 N–H and O–H groups in total. The van der Waals surface area contributed by atoms with Crippen molar-refractivity contribution in [3.8, 4) is 0 Å². The van der Waals surface area contributed by atoms with Crippen LogP contribution < -0.4 is 10.2 Å². The van der Waals surface area contributed by atoms with E-state index >= 15 is 0 Å². The summed E-state index contributed by atoms with van der Waals surface area (Å²) in [7, 11) is 0. The number of hydrogen-bond acceptors (Lipinski definition) is 4. The van der Waals surface area contributed by atoms with Crippen LogP contribution in [0.25, 0.3) is 10.8 Å². The van der Waals surface area contributed by atoms with Gasteiger partial charge in [0, 0.05) is 30.9 Å². The summed E-state index contributed by atoms with van der Waals surface area (Å²) in [5, 5.41) is 26.1. The van der Waals surface area contributed by atoms with Gasteiger partial charge in [-0.1, -0.05) is 42.5 Å². The normalized spacial score (nSPS) is 25.1. The van der Waals surface area contributed by atoms with Gasteiger partial charge in [0.05, 0.1) is 17.1 Å². The van der Waals surface area contributed by atoms with E-state index in [1.807, 2.05) is 23.1 Å². The maximum atomic E-state index is 13.7. The van der Waals surface area contributed by atoms with Gasteiger partial charge in [-0.15, -0.1) is 0 Å². The lowest BCUT2D eigenvalue weighted by Crippen LogP contribution is -2.45. The highest BCUT2D eigenvalue weighted by atomic mass is 19.4. The second-order valence-corrected chi connectivity index (χ2v) is 10.1. The van der Waals surface area contributed by atoms with Crippen LogP contribution in [0.4, 0.5) is 18.9 Å². The molecule has 0 amide bonds. The molecule has 1 heterocycles. The lowest BCUT2D eigenvalue weighted by atomic mass is 9.66. The van der Waals surface area contributed by atoms with Gasteiger partial charge in [0.25, 0.3) is 0 Å². The number of hydrogen-bond donors (Lipinski definition) is 3. The molecule has 1 aliphatic carbocycles. The first-order valence-corrected chi connectivity index (χ1v) is 12.2. The maximum absolute atomic E-state index is 13.7. The number of carboxylic acids is 1. The molecule has 1 aliphatic heterocycles. The zero-order valence-corrected chi connectivity index (χ0v) is 19.9. The fourth-order valence-electron chi connectivity index (χ4n) is 5.71. The smallest absolute Gasteiger partial charge is 0.416 e. The molecular formula is C28H29F3N2O3. The summed E-state index contributed by atoms with van der Waals surface area (Å²) in [6, 6.07) is 18.5. The third-order valence-corrected chi connectivity index (χ3v) is 7.66. The Labute approximate surface area is 207 Å². The van der Waals surface area contributed by atoms with Gasteiger partial charge >= 0.3 is 12.1 Å². The summed E-state index contributed by atoms with van der Waals surface area (Å²) in [6.07, 6.45) is -4.25. The van der Waals surface area contributed by atoms with Crippen molar-refractivity contribution in [3.63, 3.8) is 0 Å². The predicted molar refractivity (Wildman–Crippen MR) is 132 cm³/mol. The lowest BCUT2D eigenvalue weighted by Gasteiger charge is -2.43. The molecule has 190 valence electrons. The highest BCUT2D eigenvalue weighted by molar-refractivity contribution is 5.86. The number of rotatable bonds is 6. The SMILES string of the molecule is C[C@@H](N[C@H]1CCN(c2ccc(C(F)(F)F)c(C3(O)CC(C(=O)O)C3)c2)C1)c1cccc2ccccc12. The molecule has 36 heavy (non-hydrogen) atoms. The van der Waals surface area contributed by atoms with Crippen molar-refractivity contribution >= 4 is 22.4 Å². The Balaban J connectivity index is 1.34. The van der Waals surface area contributed by atoms with Gasteiger partial charge in [0.15, 0.2) is 0 Å². The second kappa shape index (κ2) is 9.09. The molecule has 5 rings (SSSR count). The van der Waals surface area contributed by atoms with Crippen molar-refractivity contribution in [3.05, 3.63) is 77.4 Å². The first kappa shape index (κ1) is 24.6. The molecule has 1 saturated heterocycles. The van der Waals surface area contributed by atoms with Crippen LogP contribution in [0.1, 0.15) is 48.9 Å². The van der Waals surface area contributed by atoms with Crippen LogP contribution in [-0.2, 0) is 16.6 Å². The lowest BCUT2D eigenvalue weighted by molar-refractivity contribution is -0.162. The number of nitrogens with zero attached hydrogens (tertiary/aromatic N) is 1. The molecule has 0 bridgehead atoms. The van der Waals surface area contributed by atoms with E-state index in [1.54, 1.807) is 0 Å². The van der Waals surface area contributed by atoms with Crippen LogP contribution in [0, 0.1) is 5.92 Å². The van der Waals surface area contributed by atoms with Gasteiger partial charge in [-0.25, -0.2) is 0 Å². The molecule has 0 unspecified atom stereocenters. The van der Waals surface area contributed by atoms with Crippen molar-refractivity contribution in [2.45, 2.75) is 50.0 Å². The van der Waals surface area contributed by atoms with E-state index in [0.29, 0.717) is 18.8 Å². The summed E-state index contributed by atoms with van der Waals surface area (Å²) in [4.78, 5) is 13.2. The second-order valence-electron chi connectivity index (χ2n) is 10.1. The molecule has 2 aliphatic rings. The summed E-state index contributed by atoms with van der Waals surface area (Å²) in [5.41, 5.74) is -1.12. The number of halogens is 3. The van der Waals surface area contributed by atoms with Gasteiger partial charge in [0.2, 0.25) is 0 Å². The molecule has 8 heteroatoms. The van der Waals surface area contributed by atoms with E-state index in [-0.39, 0.29) is 30.5 Å². The molecule has 2 atom stereocenters. The fraction of sp³-hybridized carbons (Fsp3) is 0.393. The minimum Gasteiger partial charge on any atom is -0.481 e. The number of carboxylic acid groups (broad SMARTS) is 1. The summed E-state index contributed by atoms with van der Waals surface area (Å²) >= 11 is 0. The molecule has 5 nitrogen and oxygen atoms in total. The van der Waals surface area contributed by atoms with E-state index < -0.39 is 29.2 Å². The minimum absolute atomic E-state index is 0.0906. The van der Waals surface area contributed by atoms with Crippen LogP contribution in [0.15, 0.2) is 60.7 Å². The summed E-state index contributed by atoms with van der Waals surface area (Å²) in [6.45, 7) is 3.41. The van der Waals surface area contributed by atoms with E-state index in [2.05, 4.69) is 36.5 Å². The van der Waals surface area contributed by atoms with E-state index in [9.17, 15) is 23.1 Å². The van der Waals surface area contributed by atoms with Crippen molar-refractivity contribution < 1.29 is 28.2 Å². The van der Waals surface area contributed by atoms with E-state index in [4.69, 9.17) is 5.11 Å². The Hall–Kier alpha value is -3.10. The van der Waals surface area contributed by atoms with Crippen LogP contribution in [-0.4, -0.2) is 35.3 Å². The molecule has 2 fully saturated rings. The van der Waals surface area contributed by atoms with Gasteiger partial charge in [0.1, 0.15) is 0 Å². The number of anilines is 1. The fourth-order valence-corrected chi connectivity index (χ4v) is 5.71. The highest BCUT2D eigenvalue weighted by Gasteiger charge is 2.51. The monoisotopic (exact) mass is 498 g/mol. The number of alkyl halides is 3.